The maximum absolute atomic E-state index is 12.3. The molecule has 0 bridgehead atoms. The Morgan fingerprint density at radius 1 is 1.26 bits per heavy atom. The monoisotopic (exact) mass is 252 g/mol. The van der Waals surface area contributed by atoms with E-state index in [2.05, 4.69) is 15.1 Å². The van der Waals surface area contributed by atoms with Crippen LogP contribution in [0.4, 0.5) is 0 Å². The normalized spacial score (nSPS) is 13.9. The molecule has 0 atom stereocenters. The van der Waals surface area contributed by atoms with Crippen molar-refractivity contribution in [2.75, 3.05) is 0 Å². The number of nitrogens with one attached hydrogen (secondary N) is 1. The summed E-state index contributed by atoms with van der Waals surface area (Å²) >= 11 is 0. The van der Waals surface area contributed by atoms with Gasteiger partial charge in [-0.15, -0.1) is 0 Å². The number of pyridine rings is 1. The van der Waals surface area contributed by atoms with Gasteiger partial charge >= 0.3 is 0 Å². The van der Waals surface area contributed by atoms with E-state index >= 15 is 0 Å². The lowest BCUT2D eigenvalue weighted by molar-refractivity contribution is 0.871. The van der Waals surface area contributed by atoms with Crippen molar-refractivity contribution >= 4 is 5.65 Å². The predicted octanol–water partition coefficient (Wildman–Crippen LogP) is 1.57. The molecule has 19 heavy (non-hydrogen) atoms. The first-order valence-corrected chi connectivity index (χ1v) is 6.38. The van der Waals surface area contributed by atoms with Gasteiger partial charge in [0, 0.05) is 17.8 Å². The molecular formula is C14H12N4O. The van der Waals surface area contributed by atoms with Crippen molar-refractivity contribution in [1.29, 1.82) is 0 Å². The Morgan fingerprint density at radius 3 is 3.05 bits per heavy atom. The average Bonchev–Trinajstić information content (AvgIpc) is 3.06. The number of nitrogens with zero attached hydrogens (tertiary/aromatic N) is 3. The van der Waals surface area contributed by atoms with E-state index in [-0.39, 0.29) is 5.56 Å². The third-order valence-electron chi connectivity index (χ3n) is 3.58. The molecular weight excluding hydrogens is 240 g/mol. The number of aromatic amines is 1. The van der Waals surface area contributed by atoms with Gasteiger partial charge in [0.25, 0.3) is 5.56 Å². The largest absolute Gasteiger partial charge is 0.287 e. The molecule has 0 fully saturated rings. The second-order valence-electron chi connectivity index (χ2n) is 4.77. The summed E-state index contributed by atoms with van der Waals surface area (Å²) in [5.74, 6) is 0. The van der Waals surface area contributed by atoms with E-state index in [1.54, 1.807) is 6.20 Å². The van der Waals surface area contributed by atoms with Gasteiger partial charge < -0.3 is 0 Å². The fourth-order valence-electron chi connectivity index (χ4n) is 2.65. The molecule has 1 N–H and O–H groups in total. The van der Waals surface area contributed by atoms with Crippen molar-refractivity contribution in [2.45, 2.75) is 19.3 Å². The number of hydrogen-bond acceptors (Lipinski definition) is 3. The minimum absolute atomic E-state index is 0.0275. The Hall–Kier alpha value is -2.43. The molecule has 94 valence electrons. The van der Waals surface area contributed by atoms with Crippen LogP contribution in [0.5, 0.6) is 0 Å². The maximum atomic E-state index is 12.3. The van der Waals surface area contributed by atoms with Crippen LogP contribution in [-0.2, 0) is 12.8 Å². The standard InChI is InChI=1S/C14H12N4O/c19-14-9-4-3-6-10(9)16-13-8-12(17-18(13)14)11-5-1-2-7-15-11/h1-2,5,7-8,17H,3-4,6H2. The molecule has 0 amide bonds. The molecule has 4 rings (SSSR count). The van der Waals surface area contributed by atoms with E-state index in [4.69, 9.17) is 0 Å². The Labute approximate surface area is 108 Å². The summed E-state index contributed by atoms with van der Waals surface area (Å²) in [6.07, 6.45) is 4.50. The lowest BCUT2D eigenvalue weighted by Gasteiger charge is -1.98. The van der Waals surface area contributed by atoms with Gasteiger partial charge in [0.2, 0.25) is 0 Å². The number of aryl methyl sites for hydroxylation is 1. The molecule has 0 spiro atoms. The molecule has 0 unspecified atom stereocenters. The van der Waals surface area contributed by atoms with Crippen molar-refractivity contribution < 1.29 is 0 Å². The first-order valence-electron chi connectivity index (χ1n) is 6.38. The van der Waals surface area contributed by atoms with Crippen LogP contribution in [0.15, 0.2) is 35.3 Å². The van der Waals surface area contributed by atoms with Crippen molar-refractivity contribution in [2.24, 2.45) is 0 Å². The summed E-state index contributed by atoms with van der Waals surface area (Å²) in [6.45, 7) is 0. The Morgan fingerprint density at radius 2 is 2.21 bits per heavy atom. The minimum Gasteiger partial charge on any atom is -0.287 e. The van der Waals surface area contributed by atoms with Crippen molar-refractivity contribution in [3.8, 4) is 11.4 Å². The molecule has 0 saturated heterocycles. The molecule has 5 nitrogen and oxygen atoms in total. The first kappa shape index (κ1) is 10.5. The third kappa shape index (κ3) is 1.51. The summed E-state index contributed by atoms with van der Waals surface area (Å²) in [5.41, 5.74) is 4.14. The van der Waals surface area contributed by atoms with Crippen LogP contribution in [0, 0.1) is 0 Å². The van der Waals surface area contributed by atoms with Gasteiger partial charge in [-0.05, 0) is 31.4 Å². The highest BCUT2D eigenvalue weighted by Crippen LogP contribution is 2.20. The van der Waals surface area contributed by atoms with Gasteiger partial charge in [0.05, 0.1) is 17.1 Å². The van der Waals surface area contributed by atoms with Gasteiger partial charge in [-0.25, -0.2) is 9.50 Å². The Bertz CT molecular complexity index is 817. The number of H-pyrrole nitrogens is 1. The van der Waals surface area contributed by atoms with Crippen LogP contribution in [0.25, 0.3) is 17.0 Å². The molecule has 1 aliphatic rings. The molecule has 0 radical (unpaired) electrons. The zero-order valence-corrected chi connectivity index (χ0v) is 10.3. The first-order chi connectivity index (χ1) is 9.33. The number of fused-ring (bicyclic) bond motifs is 2. The van der Waals surface area contributed by atoms with Crippen molar-refractivity contribution in [3.63, 3.8) is 0 Å². The topological polar surface area (TPSA) is 63.0 Å². The Kier molecular flexibility index (Phi) is 2.09. The third-order valence-corrected chi connectivity index (χ3v) is 3.58. The van der Waals surface area contributed by atoms with E-state index in [1.165, 1.54) is 4.52 Å². The summed E-state index contributed by atoms with van der Waals surface area (Å²) in [6, 6.07) is 7.57. The molecule has 5 heteroatoms. The highest BCUT2D eigenvalue weighted by Gasteiger charge is 2.19. The number of hydrogen-bond donors (Lipinski definition) is 1. The second kappa shape index (κ2) is 3.78. The van der Waals surface area contributed by atoms with E-state index in [1.807, 2.05) is 24.3 Å². The molecule has 0 aromatic carbocycles. The molecule has 3 aromatic rings. The SMILES string of the molecule is O=c1c2c(nc3cc(-c4ccccn4)[nH]n13)CCC2. The lowest BCUT2D eigenvalue weighted by atomic mass is 10.2. The summed E-state index contributed by atoms with van der Waals surface area (Å²) < 4.78 is 1.52. The number of aromatic nitrogens is 4. The van der Waals surface area contributed by atoms with E-state index in [0.717, 1.165) is 41.9 Å². The molecule has 3 aromatic heterocycles. The van der Waals surface area contributed by atoms with Crippen molar-refractivity contribution in [1.82, 2.24) is 19.6 Å². The van der Waals surface area contributed by atoms with Crippen LogP contribution >= 0.6 is 0 Å². The zero-order chi connectivity index (χ0) is 12.8. The second-order valence-corrected chi connectivity index (χ2v) is 4.77. The smallest absolute Gasteiger partial charge is 0.276 e. The van der Waals surface area contributed by atoms with E-state index in [0.29, 0.717) is 5.65 Å². The molecule has 3 heterocycles. The molecule has 0 saturated carbocycles. The predicted molar refractivity (Wildman–Crippen MR) is 71.1 cm³/mol. The van der Waals surface area contributed by atoms with Gasteiger partial charge in [0.15, 0.2) is 5.65 Å². The maximum Gasteiger partial charge on any atom is 0.276 e. The van der Waals surface area contributed by atoms with Gasteiger partial charge in [-0.1, -0.05) is 6.07 Å². The zero-order valence-electron chi connectivity index (χ0n) is 10.3. The quantitative estimate of drug-likeness (QED) is 0.715. The summed E-state index contributed by atoms with van der Waals surface area (Å²) in [4.78, 5) is 21.2. The highest BCUT2D eigenvalue weighted by molar-refractivity contribution is 5.60. The minimum atomic E-state index is 0.0275. The summed E-state index contributed by atoms with van der Waals surface area (Å²) in [5, 5.41) is 3.09. The summed E-state index contributed by atoms with van der Waals surface area (Å²) in [7, 11) is 0. The van der Waals surface area contributed by atoms with Gasteiger partial charge in [-0.2, -0.15) is 0 Å². The van der Waals surface area contributed by atoms with Crippen LogP contribution in [-0.4, -0.2) is 19.6 Å². The fourth-order valence-corrected chi connectivity index (χ4v) is 2.65. The lowest BCUT2D eigenvalue weighted by Crippen LogP contribution is -2.19. The molecule has 1 aliphatic carbocycles. The molecule has 0 aliphatic heterocycles. The number of rotatable bonds is 1. The average molecular weight is 252 g/mol. The van der Waals surface area contributed by atoms with Crippen LogP contribution in [0.3, 0.4) is 0 Å². The van der Waals surface area contributed by atoms with Crippen LogP contribution in [0.1, 0.15) is 17.7 Å². The van der Waals surface area contributed by atoms with Gasteiger partial charge in [0.1, 0.15) is 0 Å². The van der Waals surface area contributed by atoms with Crippen LogP contribution < -0.4 is 5.56 Å². The highest BCUT2D eigenvalue weighted by atomic mass is 16.1. The van der Waals surface area contributed by atoms with Crippen molar-refractivity contribution in [3.05, 3.63) is 52.1 Å². The van der Waals surface area contributed by atoms with Crippen LogP contribution in [0.2, 0.25) is 0 Å². The van der Waals surface area contributed by atoms with E-state index in [9.17, 15) is 4.79 Å². The fraction of sp³-hybridized carbons (Fsp3) is 0.214. The Balaban J connectivity index is 1.99. The van der Waals surface area contributed by atoms with E-state index < -0.39 is 0 Å². The van der Waals surface area contributed by atoms with Gasteiger partial charge in [-0.3, -0.25) is 14.9 Å².